The smallest absolute Gasteiger partial charge is 0.102 e. The zero-order valence-electron chi connectivity index (χ0n) is 10.00. The molecule has 0 amide bonds. The number of allylic oxidation sites excluding steroid dienone is 3. The van der Waals surface area contributed by atoms with E-state index in [1.165, 1.54) is 5.57 Å². The van der Waals surface area contributed by atoms with Gasteiger partial charge in [-0.3, -0.25) is 0 Å². The Bertz CT molecular complexity index is 467. The molecular weight excluding hydrogens is 276 g/mol. The first-order valence-electron chi connectivity index (χ1n) is 5.46. The van der Waals surface area contributed by atoms with Crippen LogP contribution in [0.2, 0.25) is 0 Å². The maximum atomic E-state index is 9.10. The Balaban J connectivity index is 2.92. The highest BCUT2D eigenvalue weighted by molar-refractivity contribution is 9.11. The standard InChI is InChI=1S/C14H15BrN2/c1-3-11(2)9-12(10-16)14(15)17-13-7-5-4-6-8-13/h4-9,17H,3H2,1-2H3/b11-9+,14-12+. The van der Waals surface area contributed by atoms with Gasteiger partial charge >= 0.3 is 0 Å². The van der Waals surface area contributed by atoms with E-state index in [0.717, 1.165) is 12.1 Å². The normalized spacial score (nSPS) is 12.7. The van der Waals surface area contributed by atoms with E-state index >= 15 is 0 Å². The molecule has 0 radical (unpaired) electrons. The van der Waals surface area contributed by atoms with Crippen molar-refractivity contribution in [1.82, 2.24) is 0 Å². The highest BCUT2D eigenvalue weighted by atomic mass is 79.9. The van der Waals surface area contributed by atoms with Crippen LogP contribution in [0.5, 0.6) is 0 Å². The average Bonchev–Trinajstić information content (AvgIpc) is 2.36. The summed E-state index contributed by atoms with van der Waals surface area (Å²) in [5, 5.41) is 12.2. The van der Waals surface area contributed by atoms with Crippen LogP contribution in [0.4, 0.5) is 5.69 Å². The number of hydrogen-bond acceptors (Lipinski definition) is 2. The minimum atomic E-state index is 0.605. The number of halogens is 1. The summed E-state index contributed by atoms with van der Waals surface area (Å²) >= 11 is 3.40. The van der Waals surface area contributed by atoms with Crippen LogP contribution in [-0.4, -0.2) is 0 Å². The Hall–Kier alpha value is -1.53. The van der Waals surface area contributed by atoms with E-state index in [1.54, 1.807) is 0 Å². The van der Waals surface area contributed by atoms with E-state index in [9.17, 15) is 0 Å². The van der Waals surface area contributed by atoms with Crippen molar-refractivity contribution in [2.45, 2.75) is 20.3 Å². The summed E-state index contributed by atoms with van der Waals surface area (Å²) < 4.78 is 0.694. The summed E-state index contributed by atoms with van der Waals surface area (Å²) in [6, 6.07) is 11.9. The van der Waals surface area contributed by atoms with Gasteiger partial charge in [0.2, 0.25) is 0 Å². The molecule has 88 valence electrons. The van der Waals surface area contributed by atoms with E-state index in [2.05, 4.69) is 34.2 Å². The maximum absolute atomic E-state index is 9.10. The largest absolute Gasteiger partial charge is 0.349 e. The quantitative estimate of drug-likeness (QED) is 0.500. The molecule has 0 unspecified atom stereocenters. The summed E-state index contributed by atoms with van der Waals surface area (Å²) in [6.07, 6.45) is 2.83. The zero-order valence-corrected chi connectivity index (χ0v) is 11.6. The van der Waals surface area contributed by atoms with E-state index in [0.29, 0.717) is 10.2 Å². The SMILES string of the molecule is CC/C(C)=C/C(C#N)=C(/Br)Nc1ccccc1. The molecule has 0 aromatic heterocycles. The van der Waals surface area contributed by atoms with Gasteiger partial charge in [0.15, 0.2) is 0 Å². The minimum Gasteiger partial charge on any atom is -0.349 e. The zero-order chi connectivity index (χ0) is 12.7. The molecule has 2 nitrogen and oxygen atoms in total. The first-order valence-corrected chi connectivity index (χ1v) is 6.25. The van der Waals surface area contributed by atoms with E-state index in [1.807, 2.05) is 43.3 Å². The molecule has 0 saturated carbocycles. The molecule has 0 aliphatic heterocycles. The van der Waals surface area contributed by atoms with Gasteiger partial charge in [0, 0.05) is 5.69 Å². The lowest BCUT2D eigenvalue weighted by Crippen LogP contribution is -1.96. The molecule has 0 aliphatic carbocycles. The fourth-order valence-electron chi connectivity index (χ4n) is 1.21. The average molecular weight is 291 g/mol. The number of benzene rings is 1. The number of nitrogens with zero attached hydrogens (tertiary/aromatic N) is 1. The van der Waals surface area contributed by atoms with Crippen molar-refractivity contribution >= 4 is 21.6 Å². The molecule has 0 saturated heterocycles. The molecular formula is C14H15BrN2. The predicted molar refractivity (Wildman–Crippen MR) is 75.7 cm³/mol. The summed E-state index contributed by atoms with van der Waals surface area (Å²) in [4.78, 5) is 0. The van der Waals surface area contributed by atoms with Gasteiger partial charge in [0.1, 0.15) is 10.7 Å². The number of hydrogen-bond donors (Lipinski definition) is 1. The van der Waals surface area contributed by atoms with Crippen LogP contribution < -0.4 is 5.32 Å². The van der Waals surface area contributed by atoms with Crippen molar-refractivity contribution in [2.24, 2.45) is 0 Å². The molecule has 1 aromatic rings. The van der Waals surface area contributed by atoms with Crippen LogP contribution in [0.1, 0.15) is 20.3 Å². The highest BCUT2D eigenvalue weighted by Gasteiger charge is 2.01. The summed E-state index contributed by atoms with van der Waals surface area (Å²) in [5.41, 5.74) is 2.73. The van der Waals surface area contributed by atoms with Crippen LogP contribution in [-0.2, 0) is 0 Å². The second-order valence-corrected chi connectivity index (χ2v) is 4.47. The third kappa shape index (κ3) is 4.46. The van der Waals surface area contributed by atoms with E-state index in [4.69, 9.17) is 5.26 Å². The maximum Gasteiger partial charge on any atom is 0.102 e. The van der Waals surface area contributed by atoms with Crippen LogP contribution >= 0.6 is 15.9 Å². The Kier molecular flexibility index (Phi) is 5.51. The van der Waals surface area contributed by atoms with Gasteiger partial charge in [-0.1, -0.05) is 30.7 Å². The van der Waals surface area contributed by atoms with Crippen LogP contribution in [0.15, 0.2) is 52.2 Å². The predicted octanol–water partition coefficient (Wildman–Crippen LogP) is 4.58. The molecule has 17 heavy (non-hydrogen) atoms. The van der Waals surface area contributed by atoms with Gasteiger partial charge < -0.3 is 5.32 Å². The van der Waals surface area contributed by atoms with Crippen molar-refractivity contribution in [1.29, 1.82) is 5.26 Å². The lowest BCUT2D eigenvalue weighted by Gasteiger charge is -2.06. The van der Waals surface area contributed by atoms with Crippen LogP contribution in [0.3, 0.4) is 0 Å². The molecule has 3 heteroatoms. The van der Waals surface area contributed by atoms with Crippen molar-refractivity contribution in [3.63, 3.8) is 0 Å². The van der Waals surface area contributed by atoms with Gasteiger partial charge in [-0.05, 0) is 47.5 Å². The van der Waals surface area contributed by atoms with Crippen molar-refractivity contribution in [2.75, 3.05) is 5.32 Å². The van der Waals surface area contributed by atoms with Gasteiger partial charge in [-0.2, -0.15) is 5.26 Å². The molecule has 0 bridgehead atoms. The van der Waals surface area contributed by atoms with Gasteiger partial charge in [-0.15, -0.1) is 0 Å². The molecule has 0 spiro atoms. The summed E-state index contributed by atoms with van der Waals surface area (Å²) in [5.74, 6) is 0. The van der Waals surface area contributed by atoms with Crippen LogP contribution in [0.25, 0.3) is 0 Å². The summed E-state index contributed by atoms with van der Waals surface area (Å²) in [6.45, 7) is 4.08. The molecule has 0 fully saturated rings. The van der Waals surface area contributed by atoms with Crippen molar-refractivity contribution in [3.05, 3.63) is 52.2 Å². The topological polar surface area (TPSA) is 35.8 Å². The lowest BCUT2D eigenvalue weighted by atomic mass is 10.1. The van der Waals surface area contributed by atoms with Gasteiger partial charge in [-0.25, -0.2) is 0 Å². The molecule has 0 atom stereocenters. The first kappa shape index (κ1) is 13.5. The lowest BCUT2D eigenvalue weighted by molar-refractivity contribution is 1.10. The fraction of sp³-hybridized carbons (Fsp3) is 0.214. The summed E-state index contributed by atoms with van der Waals surface area (Å²) in [7, 11) is 0. The second-order valence-electron chi connectivity index (χ2n) is 3.67. The number of nitrogens with one attached hydrogen (secondary N) is 1. The molecule has 0 heterocycles. The fourth-order valence-corrected chi connectivity index (χ4v) is 1.64. The third-order valence-corrected chi connectivity index (χ3v) is 2.96. The van der Waals surface area contributed by atoms with Gasteiger partial charge in [0.25, 0.3) is 0 Å². The number of para-hydroxylation sites is 1. The second kappa shape index (κ2) is 6.93. The van der Waals surface area contributed by atoms with E-state index < -0.39 is 0 Å². The van der Waals surface area contributed by atoms with Gasteiger partial charge in [0.05, 0.1) is 5.57 Å². The minimum absolute atomic E-state index is 0.605. The van der Waals surface area contributed by atoms with Crippen LogP contribution in [0, 0.1) is 11.3 Å². The van der Waals surface area contributed by atoms with Crippen molar-refractivity contribution in [3.8, 4) is 6.07 Å². The molecule has 1 N–H and O–H groups in total. The van der Waals surface area contributed by atoms with Crippen molar-refractivity contribution < 1.29 is 0 Å². The monoisotopic (exact) mass is 290 g/mol. The third-order valence-electron chi connectivity index (χ3n) is 2.33. The first-order chi connectivity index (χ1) is 8.17. The van der Waals surface area contributed by atoms with E-state index in [-0.39, 0.29) is 0 Å². The number of rotatable bonds is 4. The Morgan fingerprint density at radius 3 is 2.59 bits per heavy atom. The Labute approximate surface area is 111 Å². The Morgan fingerprint density at radius 2 is 2.06 bits per heavy atom. The molecule has 0 aliphatic rings. The molecule has 1 rings (SSSR count). The Morgan fingerprint density at radius 1 is 1.41 bits per heavy atom. The number of nitriles is 1. The highest BCUT2D eigenvalue weighted by Crippen LogP contribution is 2.18. The molecule has 1 aromatic carbocycles. The number of anilines is 1.